The number of nitrogens with two attached hydrogens (primary N) is 1. The van der Waals surface area contributed by atoms with Gasteiger partial charge < -0.3 is 16.4 Å². The third kappa shape index (κ3) is 6.56. The van der Waals surface area contributed by atoms with Crippen molar-refractivity contribution in [2.24, 2.45) is 5.73 Å². The molecule has 1 atom stereocenters. The molecule has 0 saturated heterocycles. The van der Waals surface area contributed by atoms with Gasteiger partial charge in [-0.3, -0.25) is 4.79 Å². The van der Waals surface area contributed by atoms with Crippen LogP contribution in [0.15, 0.2) is 23.1 Å². The zero-order chi connectivity index (χ0) is 20.6. The van der Waals surface area contributed by atoms with E-state index in [1.54, 1.807) is 13.8 Å². The molecule has 0 saturated carbocycles. The van der Waals surface area contributed by atoms with E-state index in [1.165, 1.54) is 34.3 Å². The van der Waals surface area contributed by atoms with Crippen LogP contribution >= 0.6 is 23.4 Å². The van der Waals surface area contributed by atoms with Crippen LogP contribution in [0.5, 0.6) is 0 Å². The molecule has 1 aromatic rings. The zero-order valence-electron chi connectivity index (χ0n) is 15.5. The predicted molar refractivity (Wildman–Crippen MR) is 110 cm³/mol. The van der Waals surface area contributed by atoms with E-state index in [0.717, 1.165) is 0 Å². The van der Waals surface area contributed by atoms with Crippen LogP contribution < -0.4 is 16.4 Å². The lowest BCUT2D eigenvalue weighted by atomic mass is 10.2. The van der Waals surface area contributed by atoms with E-state index in [4.69, 9.17) is 17.3 Å². The number of carbonyl (C=O) groups excluding carboxylic acids is 2. The topological polar surface area (TPSA) is 122 Å². The van der Waals surface area contributed by atoms with Crippen molar-refractivity contribution in [1.82, 2.24) is 9.62 Å². The molecule has 152 valence electrons. The van der Waals surface area contributed by atoms with Gasteiger partial charge in [0.1, 0.15) is 10.9 Å². The van der Waals surface area contributed by atoms with Gasteiger partial charge in [-0.05, 0) is 36.6 Å². The Morgan fingerprint density at radius 2 is 1.93 bits per heavy atom. The third-order valence-electron chi connectivity index (χ3n) is 3.77. The molecule has 8 nitrogen and oxygen atoms in total. The number of thioether (sulfide) groups is 1. The minimum atomic E-state index is -3.79. The molecule has 1 aromatic carbocycles. The summed E-state index contributed by atoms with van der Waals surface area (Å²) >= 11 is 7.60. The van der Waals surface area contributed by atoms with Gasteiger partial charge in [0.25, 0.3) is 0 Å². The van der Waals surface area contributed by atoms with E-state index >= 15 is 0 Å². The average Bonchev–Trinajstić information content (AvgIpc) is 2.60. The fraction of sp³-hybridized carbons (Fsp3) is 0.500. The number of urea groups is 1. The van der Waals surface area contributed by atoms with Gasteiger partial charge in [0, 0.05) is 18.8 Å². The van der Waals surface area contributed by atoms with Crippen molar-refractivity contribution in [3.63, 3.8) is 0 Å². The van der Waals surface area contributed by atoms with Crippen molar-refractivity contribution in [3.05, 3.63) is 23.2 Å². The maximum atomic E-state index is 12.7. The van der Waals surface area contributed by atoms with Crippen LogP contribution in [0.2, 0.25) is 5.02 Å². The number of rotatable bonds is 10. The number of hydrogen-bond acceptors (Lipinski definition) is 5. The number of sulfonamides is 1. The lowest BCUT2D eigenvalue weighted by Gasteiger charge is -2.20. The number of hydrogen-bond donors (Lipinski definition) is 3. The van der Waals surface area contributed by atoms with E-state index in [2.05, 4.69) is 10.6 Å². The fourth-order valence-corrected chi connectivity index (χ4v) is 4.82. The van der Waals surface area contributed by atoms with Crippen LogP contribution in [-0.2, 0) is 14.8 Å². The number of halogens is 1. The molecule has 0 aliphatic rings. The normalized spacial score (nSPS) is 12.6. The summed E-state index contributed by atoms with van der Waals surface area (Å²) in [6, 6.07) is 2.58. The van der Waals surface area contributed by atoms with Gasteiger partial charge in [0.05, 0.1) is 5.02 Å². The smallest absolute Gasteiger partial charge is 0.312 e. The van der Waals surface area contributed by atoms with Gasteiger partial charge >= 0.3 is 6.03 Å². The van der Waals surface area contributed by atoms with Crippen molar-refractivity contribution >= 4 is 51.0 Å². The number of carbonyl (C=O) groups is 2. The second-order valence-corrected chi connectivity index (χ2v) is 8.87. The largest absolute Gasteiger partial charge is 0.352 e. The molecule has 27 heavy (non-hydrogen) atoms. The minimum Gasteiger partial charge on any atom is -0.352 e. The summed E-state index contributed by atoms with van der Waals surface area (Å²) in [4.78, 5) is 23.5. The highest BCUT2D eigenvalue weighted by molar-refractivity contribution is 7.98. The number of nitrogens with one attached hydrogen (secondary N) is 2. The highest BCUT2D eigenvalue weighted by Crippen LogP contribution is 2.28. The van der Waals surface area contributed by atoms with E-state index in [-0.39, 0.29) is 15.6 Å². The Balaban J connectivity index is 3.11. The average molecular weight is 437 g/mol. The molecule has 0 aliphatic heterocycles. The van der Waals surface area contributed by atoms with Crippen LogP contribution in [0.1, 0.15) is 20.3 Å². The van der Waals surface area contributed by atoms with Crippen molar-refractivity contribution in [3.8, 4) is 0 Å². The summed E-state index contributed by atoms with van der Waals surface area (Å²) in [6.07, 6.45) is 2.26. The summed E-state index contributed by atoms with van der Waals surface area (Å²) in [5.41, 5.74) is 5.38. The summed E-state index contributed by atoms with van der Waals surface area (Å²) < 4.78 is 26.7. The first kappa shape index (κ1) is 23.5. The molecule has 4 N–H and O–H groups in total. The number of nitrogens with zero attached hydrogens (tertiary/aromatic N) is 1. The van der Waals surface area contributed by atoms with Gasteiger partial charge in [0.2, 0.25) is 15.9 Å². The fourth-order valence-electron chi connectivity index (χ4n) is 2.39. The molecule has 1 unspecified atom stereocenters. The molecule has 0 heterocycles. The molecule has 0 aromatic heterocycles. The van der Waals surface area contributed by atoms with Gasteiger partial charge in [0.15, 0.2) is 0 Å². The Hall–Kier alpha value is -1.49. The van der Waals surface area contributed by atoms with E-state index in [9.17, 15) is 18.0 Å². The molecule has 3 amide bonds. The maximum Gasteiger partial charge on any atom is 0.312 e. The maximum absolute atomic E-state index is 12.7. The van der Waals surface area contributed by atoms with Crippen LogP contribution in [0, 0.1) is 0 Å². The van der Waals surface area contributed by atoms with Crippen molar-refractivity contribution in [2.45, 2.75) is 31.2 Å². The highest BCUT2D eigenvalue weighted by Gasteiger charge is 2.26. The van der Waals surface area contributed by atoms with Crippen molar-refractivity contribution in [1.29, 1.82) is 0 Å². The van der Waals surface area contributed by atoms with Crippen LogP contribution in [-0.4, -0.2) is 55.8 Å². The first-order valence-electron chi connectivity index (χ1n) is 8.32. The standard InChI is InChI=1S/C16H25ClN4O4S2/c1-4-21(5-2)27(24,25)14-10-11(6-7-12(14)17)19-15(22)13(8-9-26-3)20-16(18)23/h6-7,10,13H,4-5,8-9H2,1-3H3,(H,19,22)(H3,18,20,23). The van der Waals surface area contributed by atoms with Gasteiger partial charge in [-0.25, -0.2) is 13.2 Å². The molecule has 0 aliphatic carbocycles. The van der Waals surface area contributed by atoms with Crippen molar-refractivity contribution < 1.29 is 18.0 Å². The van der Waals surface area contributed by atoms with Crippen molar-refractivity contribution in [2.75, 3.05) is 30.4 Å². The second kappa shape index (κ2) is 10.7. The lowest BCUT2D eigenvalue weighted by Crippen LogP contribution is -2.46. The van der Waals surface area contributed by atoms with Gasteiger partial charge in [-0.15, -0.1) is 0 Å². The van der Waals surface area contributed by atoms with Gasteiger partial charge in [-0.1, -0.05) is 25.4 Å². The molecule has 1 rings (SSSR count). The molecule has 0 bridgehead atoms. The molecule has 0 radical (unpaired) electrons. The summed E-state index contributed by atoms with van der Waals surface area (Å²) in [5.74, 6) is 0.150. The number of anilines is 1. The van der Waals surface area contributed by atoms with E-state index < -0.39 is 28.0 Å². The Morgan fingerprint density at radius 3 is 2.44 bits per heavy atom. The Bertz CT molecular complexity index is 770. The SMILES string of the molecule is CCN(CC)S(=O)(=O)c1cc(NC(=O)C(CCSC)NC(N)=O)ccc1Cl. The molecular formula is C16H25ClN4O4S2. The first-order valence-corrected chi connectivity index (χ1v) is 11.5. The van der Waals surface area contributed by atoms with Crippen LogP contribution in [0.25, 0.3) is 0 Å². The van der Waals surface area contributed by atoms with Gasteiger partial charge in [-0.2, -0.15) is 16.1 Å². The lowest BCUT2D eigenvalue weighted by molar-refractivity contribution is -0.117. The quantitative estimate of drug-likeness (QED) is 0.518. The minimum absolute atomic E-state index is 0.0640. The summed E-state index contributed by atoms with van der Waals surface area (Å²) in [7, 11) is -3.79. The number of benzene rings is 1. The highest BCUT2D eigenvalue weighted by atomic mass is 35.5. The van der Waals surface area contributed by atoms with Crippen LogP contribution in [0.4, 0.5) is 10.5 Å². The number of amides is 3. The zero-order valence-corrected chi connectivity index (χ0v) is 17.9. The molecule has 11 heteroatoms. The molecule has 0 spiro atoms. The summed E-state index contributed by atoms with van der Waals surface area (Å²) in [5, 5.41) is 5.06. The summed E-state index contributed by atoms with van der Waals surface area (Å²) in [6.45, 7) is 4.05. The Labute approximate surface area is 169 Å². The Kier molecular flexibility index (Phi) is 9.37. The van der Waals surface area contributed by atoms with E-state index in [0.29, 0.717) is 25.3 Å². The monoisotopic (exact) mass is 436 g/mol. The molecule has 0 fully saturated rings. The predicted octanol–water partition coefficient (Wildman–Crippen LogP) is 2.10. The molecular weight excluding hydrogens is 412 g/mol. The third-order valence-corrected chi connectivity index (χ3v) is 6.94. The van der Waals surface area contributed by atoms with Crippen LogP contribution in [0.3, 0.4) is 0 Å². The van der Waals surface area contributed by atoms with E-state index in [1.807, 2.05) is 6.26 Å². The Morgan fingerprint density at radius 1 is 1.30 bits per heavy atom. The second-order valence-electron chi connectivity index (χ2n) is 5.57. The number of primary amides is 1. The first-order chi connectivity index (χ1) is 12.7.